The molecule has 2 saturated heterocycles. The molecule has 2 aliphatic rings. The summed E-state index contributed by atoms with van der Waals surface area (Å²) in [6, 6.07) is -0.990. The number of ether oxygens (including phenoxy) is 3. The van der Waals surface area contributed by atoms with Crippen molar-refractivity contribution in [3.05, 3.63) is 12.7 Å². The normalized spacial score (nSPS) is 44.1. The van der Waals surface area contributed by atoms with E-state index in [1.54, 1.807) is 6.92 Å². The Morgan fingerprint density at radius 2 is 1.79 bits per heavy atom. The largest absolute Gasteiger partial charge is 0.389 e. The molecule has 10 nitrogen and oxygen atoms in total. The fourth-order valence-corrected chi connectivity index (χ4v) is 4.33. The van der Waals surface area contributed by atoms with Gasteiger partial charge in [-0.05, 0) is 0 Å². The SMILES string of the molecule is C=CCO[C@@H]1O[C@H](CO[C@@H]2S[C@@H](C)[C@@H](O)[C@@H](O)[C@@H]2O)[C@@H](O)[C@H](O)[C@H]1NC(C)=O. The number of nitrogens with one attached hydrogen (secondary N) is 1. The third kappa shape index (κ3) is 5.43. The molecule has 0 unspecified atom stereocenters. The topological polar surface area (TPSA) is 158 Å². The van der Waals surface area contributed by atoms with Gasteiger partial charge in [0.1, 0.15) is 42.0 Å². The molecule has 0 saturated carbocycles. The van der Waals surface area contributed by atoms with E-state index in [1.165, 1.54) is 13.0 Å². The van der Waals surface area contributed by atoms with E-state index in [1.807, 2.05) is 0 Å². The Balaban J connectivity index is 2.02. The minimum atomic E-state index is -1.39. The van der Waals surface area contributed by atoms with Gasteiger partial charge in [-0.1, -0.05) is 13.0 Å². The molecular formula is C17H29NO9S. The molecule has 0 aromatic carbocycles. The Morgan fingerprint density at radius 1 is 1.11 bits per heavy atom. The predicted octanol–water partition coefficient (Wildman–Crippen LogP) is -2.30. The van der Waals surface area contributed by atoms with Crippen LogP contribution in [0.2, 0.25) is 0 Å². The highest BCUT2D eigenvalue weighted by Crippen LogP contribution is 2.34. The Morgan fingerprint density at radius 3 is 2.39 bits per heavy atom. The van der Waals surface area contributed by atoms with Gasteiger partial charge >= 0.3 is 0 Å². The average Bonchev–Trinajstić information content (AvgIpc) is 2.65. The molecule has 0 radical (unpaired) electrons. The number of carbonyl (C=O) groups is 1. The summed E-state index contributed by atoms with van der Waals surface area (Å²) in [6.45, 7) is 6.36. The van der Waals surface area contributed by atoms with E-state index in [4.69, 9.17) is 14.2 Å². The second-order valence-corrected chi connectivity index (χ2v) is 8.37. The first-order valence-corrected chi connectivity index (χ1v) is 9.94. The van der Waals surface area contributed by atoms with Crippen molar-refractivity contribution in [2.24, 2.45) is 0 Å². The lowest BCUT2D eigenvalue weighted by atomic mass is 9.97. The van der Waals surface area contributed by atoms with Crippen molar-refractivity contribution in [1.82, 2.24) is 5.32 Å². The summed E-state index contributed by atoms with van der Waals surface area (Å²) in [4.78, 5) is 11.4. The van der Waals surface area contributed by atoms with Crippen molar-refractivity contribution in [2.45, 2.75) is 73.5 Å². The van der Waals surface area contributed by atoms with Crippen LogP contribution in [0.1, 0.15) is 13.8 Å². The third-order valence-electron chi connectivity index (χ3n) is 4.68. The summed E-state index contributed by atoms with van der Waals surface area (Å²) >= 11 is 1.14. The number of hydrogen-bond donors (Lipinski definition) is 6. The summed E-state index contributed by atoms with van der Waals surface area (Å²) in [5, 5.41) is 52.7. The highest BCUT2D eigenvalue weighted by molar-refractivity contribution is 8.00. The van der Waals surface area contributed by atoms with Crippen molar-refractivity contribution >= 4 is 17.7 Å². The molecule has 28 heavy (non-hydrogen) atoms. The monoisotopic (exact) mass is 423 g/mol. The first-order valence-electron chi connectivity index (χ1n) is 8.99. The van der Waals surface area contributed by atoms with Crippen LogP contribution in [-0.4, -0.2) is 104 Å². The van der Waals surface area contributed by atoms with Crippen molar-refractivity contribution in [3.63, 3.8) is 0 Å². The van der Waals surface area contributed by atoms with Crippen LogP contribution in [0, 0.1) is 0 Å². The van der Waals surface area contributed by atoms with E-state index < -0.39 is 60.3 Å². The lowest BCUT2D eigenvalue weighted by Crippen LogP contribution is -2.65. The maximum Gasteiger partial charge on any atom is 0.217 e. The minimum absolute atomic E-state index is 0.0932. The smallest absolute Gasteiger partial charge is 0.217 e. The minimum Gasteiger partial charge on any atom is -0.389 e. The summed E-state index contributed by atoms with van der Waals surface area (Å²) in [5.41, 5.74) is -0.859. The molecular weight excluding hydrogens is 394 g/mol. The van der Waals surface area contributed by atoms with Gasteiger partial charge in [-0.25, -0.2) is 0 Å². The van der Waals surface area contributed by atoms with Crippen molar-refractivity contribution in [3.8, 4) is 0 Å². The van der Waals surface area contributed by atoms with Crippen LogP contribution in [0.3, 0.4) is 0 Å². The van der Waals surface area contributed by atoms with E-state index in [2.05, 4.69) is 11.9 Å². The van der Waals surface area contributed by atoms with Crippen LogP contribution < -0.4 is 5.32 Å². The van der Waals surface area contributed by atoms with Gasteiger partial charge in [-0.15, -0.1) is 18.3 Å². The molecule has 0 spiro atoms. The van der Waals surface area contributed by atoms with E-state index in [-0.39, 0.29) is 18.5 Å². The van der Waals surface area contributed by atoms with Crippen LogP contribution in [0.5, 0.6) is 0 Å². The molecule has 0 aromatic rings. The molecule has 162 valence electrons. The third-order valence-corrected chi connectivity index (χ3v) is 6.07. The molecule has 2 rings (SSSR count). The summed E-state index contributed by atoms with van der Waals surface area (Å²) < 4.78 is 16.7. The molecule has 0 aliphatic carbocycles. The van der Waals surface area contributed by atoms with Crippen LogP contribution >= 0.6 is 11.8 Å². The lowest BCUT2D eigenvalue weighted by molar-refractivity contribution is -0.272. The zero-order valence-electron chi connectivity index (χ0n) is 15.7. The molecule has 1 amide bonds. The quantitative estimate of drug-likeness (QED) is 0.246. The van der Waals surface area contributed by atoms with Crippen molar-refractivity contribution < 1.29 is 44.5 Å². The Labute approximate surface area is 167 Å². The van der Waals surface area contributed by atoms with E-state index in [9.17, 15) is 30.3 Å². The van der Waals surface area contributed by atoms with Crippen LogP contribution in [0.25, 0.3) is 0 Å². The summed E-state index contributed by atoms with van der Waals surface area (Å²) in [5.74, 6) is -0.426. The predicted molar refractivity (Wildman–Crippen MR) is 99.2 cm³/mol. The first kappa shape index (κ1) is 23.5. The average molecular weight is 423 g/mol. The van der Waals surface area contributed by atoms with Crippen LogP contribution in [0.15, 0.2) is 12.7 Å². The zero-order valence-corrected chi connectivity index (χ0v) is 16.6. The molecule has 0 aromatic heterocycles. The van der Waals surface area contributed by atoms with Gasteiger partial charge < -0.3 is 45.1 Å². The Bertz CT molecular complexity index is 539. The van der Waals surface area contributed by atoms with Gasteiger partial charge in [0.2, 0.25) is 5.91 Å². The molecule has 6 N–H and O–H groups in total. The lowest BCUT2D eigenvalue weighted by Gasteiger charge is -2.43. The fraction of sp³-hybridized carbons (Fsp3) is 0.824. The number of thioether (sulfide) groups is 1. The standard InChI is InChI=1S/C17H29NO9S/c1-4-5-25-16-10(18-8(3)19)13(22)12(21)9(27-16)6-26-17-15(24)14(23)11(20)7(2)28-17/h4,7,9-17,20-24H,1,5-6H2,2-3H3,(H,18,19)/t7-,9+,10+,11+,12+,13+,14+,15-,16+,17+/m0/s1. The molecule has 2 heterocycles. The first-order chi connectivity index (χ1) is 13.2. The molecule has 0 bridgehead atoms. The Kier molecular flexibility index (Phi) is 8.67. The summed E-state index contributed by atoms with van der Waals surface area (Å²) in [6.07, 6.45) is -7.14. The maximum atomic E-state index is 11.4. The Hall–Kier alpha value is -0.760. The van der Waals surface area contributed by atoms with Crippen LogP contribution in [-0.2, 0) is 19.0 Å². The molecule has 2 fully saturated rings. The van der Waals surface area contributed by atoms with E-state index >= 15 is 0 Å². The zero-order chi connectivity index (χ0) is 21.0. The molecule has 11 heteroatoms. The number of hydrogen-bond acceptors (Lipinski definition) is 10. The highest BCUT2D eigenvalue weighted by atomic mass is 32.2. The molecule has 10 atom stereocenters. The van der Waals surface area contributed by atoms with Gasteiger partial charge in [-0.2, -0.15) is 0 Å². The van der Waals surface area contributed by atoms with E-state index in [0.29, 0.717) is 0 Å². The van der Waals surface area contributed by atoms with E-state index in [0.717, 1.165) is 11.8 Å². The number of aliphatic hydroxyl groups is 5. The maximum absolute atomic E-state index is 11.4. The van der Waals surface area contributed by atoms with Gasteiger partial charge in [-0.3, -0.25) is 4.79 Å². The molecule has 2 aliphatic heterocycles. The second-order valence-electron chi connectivity index (χ2n) is 6.89. The second kappa shape index (κ2) is 10.3. The number of carbonyl (C=O) groups excluding carboxylic acids is 1. The number of amides is 1. The fourth-order valence-electron chi connectivity index (χ4n) is 3.10. The van der Waals surface area contributed by atoms with Crippen molar-refractivity contribution in [1.29, 1.82) is 0 Å². The highest BCUT2D eigenvalue weighted by Gasteiger charge is 2.47. The van der Waals surface area contributed by atoms with Gasteiger partial charge in [0.05, 0.1) is 19.3 Å². The summed E-state index contributed by atoms with van der Waals surface area (Å²) in [7, 11) is 0. The van der Waals surface area contributed by atoms with Gasteiger partial charge in [0, 0.05) is 12.2 Å². The van der Waals surface area contributed by atoms with Crippen LogP contribution in [0.4, 0.5) is 0 Å². The van der Waals surface area contributed by atoms with Gasteiger partial charge in [0.25, 0.3) is 0 Å². The number of aliphatic hydroxyl groups excluding tert-OH is 5. The van der Waals surface area contributed by atoms with Crippen molar-refractivity contribution in [2.75, 3.05) is 13.2 Å². The number of rotatable bonds is 7. The van der Waals surface area contributed by atoms with Gasteiger partial charge in [0.15, 0.2) is 6.29 Å².